The number of aromatic nitrogens is 2. The van der Waals surface area contributed by atoms with Crippen LogP contribution in [-0.4, -0.2) is 10.2 Å². The highest BCUT2D eigenvalue weighted by molar-refractivity contribution is 7.11. The Kier molecular flexibility index (Phi) is 2.57. The second-order valence-corrected chi connectivity index (χ2v) is 3.92. The number of benzene rings is 1. The molecule has 0 N–H and O–H groups in total. The molecule has 0 bridgehead atoms. The third-order valence-corrected chi connectivity index (χ3v) is 2.37. The van der Waals surface area contributed by atoms with Crippen LogP contribution in [0.2, 0.25) is 0 Å². The van der Waals surface area contributed by atoms with Gasteiger partial charge in [0.05, 0.1) is 0 Å². The van der Waals surface area contributed by atoms with Crippen LogP contribution in [0.25, 0.3) is 0 Å². The highest BCUT2D eigenvalue weighted by Gasteiger charge is 1.93. The quantitative estimate of drug-likeness (QED) is 0.609. The van der Waals surface area contributed by atoms with E-state index in [4.69, 9.17) is 0 Å². The first kappa shape index (κ1) is 8.92. The highest BCUT2D eigenvalue weighted by Crippen LogP contribution is 2.06. The monoisotopic (exact) mass is 200 g/mol. The van der Waals surface area contributed by atoms with Crippen LogP contribution >= 0.6 is 11.3 Å². The molecule has 0 radical (unpaired) electrons. The summed E-state index contributed by atoms with van der Waals surface area (Å²) >= 11 is 1.51. The van der Waals surface area contributed by atoms with Gasteiger partial charge in [-0.05, 0) is 25.0 Å². The molecule has 2 aromatic rings. The molecule has 0 spiro atoms. The Balaban J connectivity index is 2.23. The molecule has 1 heterocycles. The molecule has 2 rings (SSSR count). The normalized spacial score (nSPS) is 9.21. The lowest BCUT2D eigenvalue weighted by Crippen LogP contribution is -1.74. The molecular formula is C11H8N2S. The molecule has 0 fully saturated rings. The zero-order valence-corrected chi connectivity index (χ0v) is 8.51. The van der Waals surface area contributed by atoms with Crippen LogP contribution in [0.3, 0.4) is 0 Å². The Morgan fingerprint density at radius 2 is 1.86 bits per heavy atom. The summed E-state index contributed by atoms with van der Waals surface area (Å²) in [5, 5.41) is 9.54. The van der Waals surface area contributed by atoms with Gasteiger partial charge in [-0.3, -0.25) is 0 Å². The van der Waals surface area contributed by atoms with Gasteiger partial charge in [0, 0.05) is 5.56 Å². The minimum absolute atomic E-state index is 0.770. The average Bonchev–Trinajstić information content (AvgIpc) is 2.63. The molecule has 14 heavy (non-hydrogen) atoms. The topological polar surface area (TPSA) is 25.8 Å². The summed E-state index contributed by atoms with van der Waals surface area (Å²) in [5.74, 6) is 6.01. The van der Waals surface area contributed by atoms with Crippen molar-refractivity contribution in [3.63, 3.8) is 0 Å². The molecule has 1 aromatic heterocycles. The predicted molar refractivity (Wildman–Crippen MR) is 57.1 cm³/mol. The van der Waals surface area contributed by atoms with E-state index in [9.17, 15) is 0 Å². The molecule has 1 aromatic carbocycles. The van der Waals surface area contributed by atoms with Crippen molar-refractivity contribution >= 4 is 11.3 Å². The lowest BCUT2D eigenvalue weighted by atomic mass is 10.2. The summed E-state index contributed by atoms with van der Waals surface area (Å²) in [6.45, 7) is 1.92. The first-order chi connectivity index (χ1) is 6.84. The maximum Gasteiger partial charge on any atom is 0.191 e. The minimum atomic E-state index is 0.770. The summed E-state index contributed by atoms with van der Waals surface area (Å²) in [7, 11) is 0. The molecule has 0 unspecified atom stereocenters. The Labute approximate surface area is 86.6 Å². The van der Waals surface area contributed by atoms with Crippen LogP contribution in [0.5, 0.6) is 0 Å². The van der Waals surface area contributed by atoms with Gasteiger partial charge >= 0.3 is 0 Å². The fourth-order valence-corrected chi connectivity index (χ4v) is 1.54. The molecule has 0 aliphatic heterocycles. The van der Waals surface area contributed by atoms with E-state index in [1.165, 1.54) is 11.3 Å². The van der Waals surface area contributed by atoms with Gasteiger partial charge in [0.1, 0.15) is 5.01 Å². The van der Waals surface area contributed by atoms with Gasteiger partial charge < -0.3 is 0 Å². The van der Waals surface area contributed by atoms with Gasteiger partial charge in [-0.25, -0.2) is 0 Å². The lowest BCUT2D eigenvalue weighted by molar-refractivity contribution is 1.04. The Hall–Kier alpha value is -1.66. The summed E-state index contributed by atoms with van der Waals surface area (Å²) < 4.78 is 0. The SMILES string of the molecule is Cc1nnc(C#Cc2ccccc2)s1. The molecule has 0 saturated carbocycles. The van der Waals surface area contributed by atoms with E-state index in [1.807, 2.05) is 37.3 Å². The first-order valence-corrected chi connectivity index (χ1v) is 5.03. The second kappa shape index (κ2) is 4.03. The maximum absolute atomic E-state index is 3.93. The zero-order chi connectivity index (χ0) is 9.80. The van der Waals surface area contributed by atoms with Crippen LogP contribution < -0.4 is 0 Å². The van der Waals surface area contributed by atoms with Crippen LogP contribution in [-0.2, 0) is 0 Å². The van der Waals surface area contributed by atoms with E-state index in [2.05, 4.69) is 22.0 Å². The zero-order valence-electron chi connectivity index (χ0n) is 7.69. The maximum atomic E-state index is 3.93. The van der Waals surface area contributed by atoms with Crippen molar-refractivity contribution in [2.24, 2.45) is 0 Å². The molecule has 0 aliphatic rings. The number of hydrogen-bond acceptors (Lipinski definition) is 3. The molecule has 0 aliphatic carbocycles. The number of nitrogens with zero attached hydrogens (tertiary/aromatic N) is 2. The van der Waals surface area contributed by atoms with Crippen LogP contribution in [0, 0.1) is 18.8 Å². The van der Waals surface area contributed by atoms with Crippen LogP contribution in [0.15, 0.2) is 30.3 Å². The smallest absolute Gasteiger partial charge is 0.143 e. The third kappa shape index (κ3) is 2.18. The summed E-state index contributed by atoms with van der Waals surface area (Å²) in [6.07, 6.45) is 0. The fraction of sp³-hybridized carbons (Fsp3) is 0.0909. The summed E-state index contributed by atoms with van der Waals surface area (Å²) in [5.41, 5.74) is 1.00. The van der Waals surface area contributed by atoms with Gasteiger partial charge in [0.2, 0.25) is 0 Å². The van der Waals surface area contributed by atoms with Gasteiger partial charge in [0.25, 0.3) is 0 Å². The van der Waals surface area contributed by atoms with Crippen molar-refractivity contribution in [3.05, 3.63) is 45.9 Å². The predicted octanol–water partition coefficient (Wildman–Crippen LogP) is 2.25. The van der Waals surface area contributed by atoms with Gasteiger partial charge in [-0.15, -0.1) is 10.2 Å². The number of rotatable bonds is 0. The molecular weight excluding hydrogens is 192 g/mol. The Morgan fingerprint density at radius 3 is 2.50 bits per heavy atom. The Morgan fingerprint density at radius 1 is 1.07 bits per heavy atom. The number of aryl methyl sites for hydroxylation is 1. The Bertz CT molecular complexity index is 477. The highest BCUT2D eigenvalue weighted by atomic mass is 32.1. The van der Waals surface area contributed by atoms with Crippen molar-refractivity contribution in [3.8, 4) is 11.8 Å². The molecule has 3 heteroatoms. The van der Waals surface area contributed by atoms with E-state index in [0.717, 1.165) is 15.6 Å². The van der Waals surface area contributed by atoms with E-state index < -0.39 is 0 Å². The van der Waals surface area contributed by atoms with Crippen LogP contribution in [0.1, 0.15) is 15.6 Å². The van der Waals surface area contributed by atoms with Gasteiger partial charge in [-0.1, -0.05) is 35.5 Å². The van der Waals surface area contributed by atoms with Crippen molar-refractivity contribution in [1.29, 1.82) is 0 Å². The van der Waals surface area contributed by atoms with Crippen molar-refractivity contribution in [1.82, 2.24) is 10.2 Å². The van der Waals surface area contributed by atoms with E-state index in [1.54, 1.807) is 0 Å². The summed E-state index contributed by atoms with van der Waals surface area (Å²) in [6, 6.07) is 9.85. The van der Waals surface area contributed by atoms with E-state index in [-0.39, 0.29) is 0 Å². The van der Waals surface area contributed by atoms with E-state index >= 15 is 0 Å². The lowest BCUT2D eigenvalue weighted by Gasteiger charge is -1.84. The van der Waals surface area contributed by atoms with Gasteiger partial charge in [0.15, 0.2) is 5.01 Å². The second-order valence-electron chi connectivity index (χ2n) is 2.74. The molecule has 68 valence electrons. The third-order valence-electron chi connectivity index (χ3n) is 1.61. The van der Waals surface area contributed by atoms with Crippen molar-refractivity contribution < 1.29 is 0 Å². The van der Waals surface area contributed by atoms with Crippen molar-refractivity contribution in [2.45, 2.75) is 6.92 Å². The number of hydrogen-bond donors (Lipinski definition) is 0. The first-order valence-electron chi connectivity index (χ1n) is 4.22. The van der Waals surface area contributed by atoms with Gasteiger partial charge in [-0.2, -0.15) is 0 Å². The van der Waals surface area contributed by atoms with E-state index in [0.29, 0.717) is 0 Å². The standard InChI is InChI=1S/C11H8N2S/c1-9-12-13-11(14-9)8-7-10-5-3-2-4-6-10/h2-6H,1H3. The largest absolute Gasteiger partial charge is 0.191 e. The molecule has 0 amide bonds. The minimum Gasteiger partial charge on any atom is -0.143 e. The van der Waals surface area contributed by atoms with Crippen LogP contribution in [0.4, 0.5) is 0 Å². The van der Waals surface area contributed by atoms with Crippen molar-refractivity contribution in [2.75, 3.05) is 0 Å². The molecule has 0 saturated heterocycles. The average molecular weight is 200 g/mol. The fourth-order valence-electron chi connectivity index (χ4n) is 0.994. The molecule has 0 atom stereocenters. The molecule has 2 nitrogen and oxygen atoms in total. The summed E-state index contributed by atoms with van der Waals surface area (Å²) in [4.78, 5) is 0.